The third-order valence-corrected chi connectivity index (χ3v) is 14.4. The van der Waals surface area contributed by atoms with Crippen molar-refractivity contribution in [3.8, 4) is 0 Å². The van der Waals surface area contributed by atoms with Gasteiger partial charge in [-0.25, -0.2) is 4.79 Å². The number of aliphatic hydroxyl groups excluding tert-OH is 1. The average molecular weight is 694 g/mol. The van der Waals surface area contributed by atoms with Crippen LogP contribution in [0.1, 0.15) is 117 Å². The van der Waals surface area contributed by atoms with E-state index in [9.17, 15) is 19.5 Å². The van der Waals surface area contributed by atoms with Crippen LogP contribution in [0.25, 0.3) is 0 Å². The number of carbonyl (C=O) groups excluding carboxylic acids is 3. The molecule has 9 nitrogen and oxygen atoms in total. The molecule has 9 heteroatoms. The number of piperidine rings is 1. The summed E-state index contributed by atoms with van der Waals surface area (Å²) in [5.74, 6) is -0.937. The smallest absolute Gasteiger partial charge is 0.350 e. The fraction of sp³-hybridized carbons (Fsp3) is 0.780. The number of hydrogen-bond donors (Lipinski definition) is 4. The number of ether oxygens (including phenoxy) is 2. The largest absolute Gasteiger partial charge is 0.463 e. The van der Waals surface area contributed by atoms with Crippen LogP contribution in [0, 0.1) is 35.0 Å². The molecule has 9 unspecified atom stereocenters. The Balaban J connectivity index is 1.15. The fourth-order valence-corrected chi connectivity index (χ4v) is 11.6. The molecule has 0 aromatic heterocycles. The number of ketones is 2. The van der Waals surface area contributed by atoms with Gasteiger partial charge in [0.15, 0.2) is 17.2 Å². The number of allylic oxidation sites excluding steroid dienone is 4. The Morgan fingerprint density at radius 1 is 1.04 bits per heavy atom. The summed E-state index contributed by atoms with van der Waals surface area (Å²) in [4.78, 5) is 43.4. The molecule has 7 aliphatic rings. The summed E-state index contributed by atoms with van der Waals surface area (Å²) in [6, 6.07) is 0.186. The Morgan fingerprint density at radius 3 is 2.52 bits per heavy atom. The van der Waals surface area contributed by atoms with Crippen molar-refractivity contribution < 1.29 is 39.6 Å². The Kier molecular flexibility index (Phi) is 10.6. The van der Waals surface area contributed by atoms with Crippen molar-refractivity contribution in [3.63, 3.8) is 0 Å². The Bertz CT molecular complexity index is 1410. The van der Waals surface area contributed by atoms with Gasteiger partial charge in [0.05, 0.1) is 19.7 Å². The van der Waals surface area contributed by atoms with Crippen molar-refractivity contribution in [1.29, 1.82) is 0 Å². The van der Waals surface area contributed by atoms with Gasteiger partial charge in [-0.05, 0) is 99.7 Å². The zero-order chi connectivity index (χ0) is 35.1. The topological polar surface area (TPSA) is 152 Å². The van der Waals surface area contributed by atoms with E-state index < -0.39 is 29.0 Å². The first-order chi connectivity index (χ1) is 24.2. The van der Waals surface area contributed by atoms with Crippen molar-refractivity contribution in [2.24, 2.45) is 40.7 Å². The first-order valence-corrected chi connectivity index (χ1v) is 20.2. The SMILES string of the molecule is CC[NH2+]C1C=C2C=CCCC2CC1COC(=O)C12OC1(CC(CO)=C(C)CC1(C3CC[NH2+]C(N)C3)CCCCC1)C(=O)C1CCCCC1C2=O. The Hall–Kier alpha value is -2.17. The highest BCUT2D eigenvalue weighted by molar-refractivity contribution is 6.23. The summed E-state index contributed by atoms with van der Waals surface area (Å²) >= 11 is 0. The Labute approximate surface area is 298 Å². The number of esters is 1. The molecule has 50 heavy (non-hydrogen) atoms. The van der Waals surface area contributed by atoms with Gasteiger partial charge in [-0.15, -0.1) is 0 Å². The molecule has 0 aromatic rings. The number of epoxide rings is 1. The number of quaternary nitrogens is 2. The van der Waals surface area contributed by atoms with E-state index in [1.165, 1.54) is 24.8 Å². The van der Waals surface area contributed by atoms with E-state index in [4.69, 9.17) is 15.2 Å². The van der Waals surface area contributed by atoms with Crippen LogP contribution in [0.4, 0.5) is 0 Å². The first-order valence-electron chi connectivity index (χ1n) is 20.2. The standard InChI is InChI=1S/C41H61N3O6/c1-3-43-34-20-28-12-6-5-11-27(28)19-29(34)25-49-38(48)41-37(47)33-14-8-7-13-32(33)36(46)40(41,50-41)23-30(24-45)26(2)22-39(16-9-4-10-17-39)31-15-18-44-35(42)21-31/h6,12,20,27,29,31-35,43-45H,3-5,7-11,13-19,21-25,42H2,1-2H3/p+2. The molecule has 0 amide bonds. The number of fused-ring (bicyclic) bond motifs is 3. The van der Waals surface area contributed by atoms with Crippen LogP contribution in [-0.2, 0) is 23.9 Å². The average Bonchev–Trinajstić information content (AvgIpc) is 3.84. The highest BCUT2D eigenvalue weighted by Crippen LogP contribution is 2.62. The zero-order valence-corrected chi connectivity index (χ0v) is 30.6. The summed E-state index contributed by atoms with van der Waals surface area (Å²) in [5, 5.41) is 15.5. The van der Waals surface area contributed by atoms with Crippen molar-refractivity contribution in [2.45, 2.75) is 140 Å². The van der Waals surface area contributed by atoms with E-state index in [1.54, 1.807) is 0 Å². The van der Waals surface area contributed by atoms with Crippen LogP contribution in [0.5, 0.6) is 0 Å². The second-order valence-corrected chi connectivity index (χ2v) is 17.2. The van der Waals surface area contributed by atoms with Crippen LogP contribution in [-0.4, -0.2) is 72.4 Å². The second kappa shape index (κ2) is 14.7. The summed E-state index contributed by atoms with van der Waals surface area (Å²) in [5.41, 5.74) is 6.25. The number of aliphatic hydroxyl groups is 1. The highest BCUT2D eigenvalue weighted by Gasteiger charge is 2.87. The van der Waals surface area contributed by atoms with E-state index in [1.807, 2.05) is 0 Å². The molecule has 5 aliphatic carbocycles. The van der Waals surface area contributed by atoms with E-state index in [0.717, 1.165) is 88.4 Å². The number of hydrogen-bond acceptors (Lipinski definition) is 7. The lowest BCUT2D eigenvalue weighted by molar-refractivity contribution is -0.700. The van der Waals surface area contributed by atoms with Gasteiger partial charge in [-0.3, -0.25) is 15.3 Å². The number of Topliss-reactive ketones (excluding diaryl/α,β-unsaturated/α-hetero) is 2. The molecule has 2 aliphatic heterocycles. The third kappa shape index (κ3) is 6.31. The maximum Gasteiger partial charge on any atom is 0.350 e. The minimum absolute atomic E-state index is 0.0719. The third-order valence-electron chi connectivity index (χ3n) is 14.4. The minimum Gasteiger partial charge on any atom is -0.463 e. The number of rotatable bonds is 11. The molecule has 3 saturated carbocycles. The Morgan fingerprint density at radius 2 is 1.80 bits per heavy atom. The lowest BCUT2D eigenvalue weighted by Crippen LogP contribution is -2.95. The molecule has 276 valence electrons. The van der Waals surface area contributed by atoms with Gasteiger partial charge < -0.3 is 25.2 Å². The van der Waals surface area contributed by atoms with Crippen LogP contribution >= 0.6 is 0 Å². The van der Waals surface area contributed by atoms with Gasteiger partial charge in [-0.1, -0.05) is 49.8 Å². The molecular formula is C41H63N3O6+2. The summed E-state index contributed by atoms with van der Waals surface area (Å²) < 4.78 is 12.5. The van der Waals surface area contributed by atoms with Crippen molar-refractivity contribution >= 4 is 17.5 Å². The first kappa shape index (κ1) is 36.2. The maximum absolute atomic E-state index is 14.6. The molecule has 7 N–H and O–H groups in total. The number of carbonyl (C=O) groups is 3. The van der Waals surface area contributed by atoms with Crippen molar-refractivity contribution in [2.75, 3.05) is 26.3 Å². The van der Waals surface area contributed by atoms with Gasteiger partial charge in [0.25, 0.3) is 5.60 Å². The van der Waals surface area contributed by atoms with Crippen LogP contribution in [0.2, 0.25) is 0 Å². The zero-order valence-electron chi connectivity index (χ0n) is 30.6. The number of likely N-dealkylation sites (N-methyl/N-ethyl adjacent to an activating group) is 1. The van der Waals surface area contributed by atoms with Gasteiger partial charge in [0.2, 0.25) is 0 Å². The van der Waals surface area contributed by atoms with Crippen LogP contribution in [0.3, 0.4) is 0 Å². The normalized spacial score (nSPS) is 39.8. The monoisotopic (exact) mass is 693 g/mol. The van der Waals surface area contributed by atoms with Crippen molar-refractivity contribution in [3.05, 3.63) is 34.9 Å². The highest BCUT2D eigenvalue weighted by atomic mass is 16.7. The van der Waals surface area contributed by atoms with Gasteiger partial charge >= 0.3 is 5.97 Å². The molecule has 5 fully saturated rings. The summed E-state index contributed by atoms with van der Waals surface area (Å²) in [6.07, 6.45) is 22.0. The van der Waals surface area contributed by atoms with E-state index >= 15 is 0 Å². The second-order valence-electron chi connectivity index (χ2n) is 17.2. The molecule has 9 atom stereocenters. The molecule has 0 bridgehead atoms. The van der Waals surface area contributed by atoms with E-state index in [2.05, 4.69) is 42.7 Å². The predicted octanol–water partition coefficient (Wildman–Crippen LogP) is 3.16. The fourth-order valence-electron chi connectivity index (χ4n) is 11.6. The van der Waals surface area contributed by atoms with E-state index in [0.29, 0.717) is 24.7 Å². The van der Waals surface area contributed by atoms with Gasteiger partial charge in [0.1, 0.15) is 18.8 Å². The predicted molar refractivity (Wildman–Crippen MR) is 189 cm³/mol. The molecule has 7 rings (SSSR count). The van der Waals surface area contributed by atoms with E-state index in [-0.39, 0.29) is 54.7 Å². The molecule has 2 heterocycles. The summed E-state index contributed by atoms with van der Waals surface area (Å²) in [7, 11) is 0. The molecule has 0 spiro atoms. The molecule has 0 radical (unpaired) electrons. The molecular weight excluding hydrogens is 630 g/mol. The molecule has 0 aromatic carbocycles. The van der Waals surface area contributed by atoms with Crippen molar-refractivity contribution in [1.82, 2.24) is 0 Å². The lowest BCUT2D eigenvalue weighted by Gasteiger charge is -2.46. The minimum atomic E-state index is -1.91. The van der Waals surface area contributed by atoms with Crippen LogP contribution < -0.4 is 16.4 Å². The molecule has 2 saturated heterocycles. The lowest BCUT2D eigenvalue weighted by atomic mass is 9.59. The van der Waals surface area contributed by atoms with Gasteiger partial charge in [-0.2, -0.15) is 0 Å². The quantitative estimate of drug-likeness (QED) is 0.112. The number of nitrogens with two attached hydrogens (primary N) is 3. The van der Waals surface area contributed by atoms with Crippen LogP contribution in [0.15, 0.2) is 34.9 Å². The maximum atomic E-state index is 14.6. The summed E-state index contributed by atoms with van der Waals surface area (Å²) in [6.45, 7) is 6.15. The van der Waals surface area contributed by atoms with Gasteiger partial charge in [0, 0.05) is 37.0 Å².